The average Bonchev–Trinajstić information content (AvgIpc) is 3.49. The predicted molar refractivity (Wildman–Crippen MR) is 162 cm³/mol. The van der Waals surface area contributed by atoms with E-state index >= 15 is 0 Å². The van der Waals surface area contributed by atoms with Crippen molar-refractivity contribution in [3.63, 3.8) is 0 Å². The Hall–Kier alpha value is -5.34. The van der Waals surface area contributed by atoms with Crippen LogP contribution in [-0.4, -0.2) is 50.0 Å². The van der Waals surface area contributed by atoms with Gasteiger partial charge in [0.2, 0.25) is 0 Å². The second kappa shape index (κ2) is 12.3. The van der Waals surface area contributed by atoms with Gasteiger partial charge in [-0.3, -0.25) is 19.1 Å². The van der Waals surface area contributed by atoms with Gasteiger partial charge in [0.1, 0.15) is 18.5 Å². The van der Waals surface area contributed by atoms with E-state index in [9.17, 15) is 19.5 Å². The molecule has 3 aromatic carbocycles. The Bertz CT molecular complexity index is 1790. The van der Waals surface area contributed by atoms with Gasteiger partial charge in [-0.25, -0.2) is 9.78 Å². The number of ether oxygens (including phenoxy) is 1. The molecule has 214 valence electrons. The number of aliphatic hydroxyl groups is 1. The third-order valence-corrected chi connectivity index (χ3v) is 7.58. The zero-order valence-corrected chi connectivity index (χ0v) is 23.3. The summed E-state index contributed by atoms with van der Waals surface area (Å²) in [6, 6.07) is 28.0. The number of nitrogens with zero attached hydrogens (tertiary/aromatic N) is 3. The van der Waals surface area contributed by atoms with E-state index in [0.717, 1.165) is 32.6 Å². The Kier molecular flexibility index (Phi) is 7.93. The van der Waals surface area contributed by atoms with Crippen LogP contribution in [0.3, 0.4) is 0 Å². The van der Waals surface area contributed by atoms with Crippen LogP contribution in [0.25, 0.3) is 16.7 Å². The number of esters is 1. The number of carbonyl (C=O) groups is 3. The molecule has 0 radical (unpaired) electrons. The van der Waals surface area contributed by atoms with Crippen LogP contribution in [-0.2, 0) is 29.0 Å². The molecule has 1 aliphatic rings. The number of allylic oxidation sites excluding steroid dienone is 1. The van der Waals surface area contributed by atoms with Gasteiger partial charge in [-0.05, 0) is 41.5 Å². The summed E-state index contributed by atoms with van der Waals surface area (Å²) in [5, 5.41) is 10.3. The molecule has 6 rings (SSSR count). The lowest BCUT2D eigenvalue weighted by Gasteiger charge is -2.25. The summed E-state index contributed by atoms with van der Waals surface area (Å²) in [6.45, 7) is -0.121. The van der Waals surface area contributed by atoms with Crippen molar-refractivity contribution in [3.05, 3.63) is 143 Å². The molecule has 0 unspecified atom stereocenters. The van der Waals surface area contributed by atoms with Gasteiger partial charge in [-0.2, -0.15) is 0 Å². The highest BCUT2D eigenvalue weighted by molar-refractivity contribution is 6.22. The van der Waals surface area contributed by atoms with Crippen LogP contribution >= 0.6 is 0 Å². The molecule has 5 aromatic rings. The second-order valence-electron chi connectivity index (χ2n) is 10.2. The maximum atomic E-state index is 13.9. The molecule has 8 nitrogen and oxygen atoms in total. The molecular weight excluding hydrogens is 542 g/mol. The monoisotopic (exact) mass is 571 g/mol. The summed E-state index contributed by atoms with van der Waals surface area (Å²) >= 11 is 0. The number of amides is 2. The lowest BCUT2D eigenvalue weighted by molar-refractivity contribution is -0.149. The lowest BCUT2D eigenvalue weighted by Crippen LogP contribution is -2.47. The Balaban J connectivity index is 1.47. The Morgan fingerprint density at radius 1 is 0.837 bits per heavy atom. The van der Waals surface area contributed by atoms with Crippen molar-refractivity contribution in [1.29, 1.82) is 0 Å². The van der Waals surface area contributed by atoms with E-state index in [1.54, 1.807) is 36.5 Å². The number of hydrogen-bond donors (Lipinski definition) is 1. The van der Waals surface area contributed by atoms with Gasteiger partial charge in [-0.1, -0.05) is 78.9 Å². The Labute approximate surface area is 248 Å². The smallest absolute Gasteiger partial charge is 0.330 e. The van der Waals surface area contributed by atoms with Crippen LogP contribution in [0.5, 0.6) is 0 Å². The van der Waals surface area contributed by atoms with Crippen molar-refractivity contribution >= 4 is 28.7 Å². The molecule has 2 aromatic heterocycles. The van der Waals surface area contributed by atoms with Crippen molar-refractivity contribution < 1.29 is 24.2 Å². The third-order valence-electron chi connectivity index (χ3n) is 7.58. The molecular formula is C35H29N3O5. The summed E-state index contributed by atoms with van der Waals surface area (Å²) in [4.78, 5) is 46.8. The molecule has 0 saturated heterocycles. The van der Waals surface area contributed by atoms with E-state index in [-0.39, 0.29) is 30.8 Å². The van der Waals surface area contributed by atoms with E-state index in [2.05, 4.69) is 4.98 Å². The van der Waals surface area contributed by atoms with Crippen molar-refractivity contribution in [2.24, 2.45) is 0 Å². The zero-order valence-electron chi connectivity index (χ0n) is 23.3. The van der Waals surface area contributed by atoms with Crippen LogP contribution in [0, 0.1) is 0 Å². The van der Waals surface area contributed by atoms with Crippen LogP contribution in [0.4, 0.5) is 0 Å². The van der Waals surface area contributed by atoms with E-state index in [1.165, 1.54) is 0 Å². The number of carbonyl (C=O) groups excluding carboxylic acids is 3. The molecule has 1 aliphatic heterocycles. The summed E-state index contributed by atoms with van der Waals surface area (Å²) in [5.74, 6) is -1.05. The maximum Gasteiger partial charge on any atom is 0.330 e. The van der Waals surface area contributed by atoms with Gasteiger partial charge >= 0.3 is 5.97 Å². The van der Waals surface area contributed by atoms with Gasteiger partial charge < -0.3 is 9.84 Å². The first-order valence-electron chi connectivity index (χ1n) is 14.0. The van der Waals surface area contributed by atoms with Gasteiger partial charge in [0.05, 0.1) is 23.3 Å². The van der Waals surface area contributed by atoms with Gasteiger partial charge in [0.25, 0.3) is 11.8 Å². The highest BCUT2D eigenvalue weighted by atomic mass is 16.5. The van der Waals surface area contributed by atoms with Gasteiger partial charge in [0, 0.05) is 30.1 Å². The first-order chi connectivity index (χ1) is 21.1. The minimum absolute atomic E-state index is 0.00112. The fourth-order valence-electron chi connectivity index (χ4n) is 5.61. The number of aromatic nitrogens is 2. The molecule has 0 saturated carbocycles. The number of hydrogen-bond acceptors (Lipinski definition) is 6. The van der Waals surface area contributed by atoms with Gasteiger partial charge in [0.15, 0.2) is 0 Å². The minimum Gasteiger partial charge on any atom is -0.459 e. The summed E-state index contributed by atoms with van der Waals surface area (Å²) in [7, 11) is 0. The molecule has 1 N–H and O–H groups in total. The van der Waals surface area contributed by atoms with Crippen molar-refractivity contribution in [3.8, 4) is 5.82 Å². The zero-order chi connectivity index (χ0) is 29.8. The average molecular weight is 572 g/mol. The van der Waals surface area contributed by atoms with Crippen molar-refractivity contribution in [1.82, 2.24) is 14.5 Å². The molecule has 2 amide bonds. The topological polar surface area (TPSA) is 102 Å². The van der Waals surface area contributed by atoms with Crippen molar-refractivity contribution in [2.75, 3.05) is 6.61 Å². The second-order valence-corrected chi connectivity index (χ2v) is 10.2. The standard InChI is InChI=1S/C35H29N3O5/c39-21-11-9-18-30-28(25-14-6-7-17-29(25)37(30)32-19-8-10-20-36-32)22-31(35(42)43-23-24-12-2-1-3-13-24)38-33(40)26-15-4-5-16-27(26)34(38)41/h1-17,19-20,31,39H,18,21-23H2/b11-9+/t31-/m0/s1. The lowest BCUT2D eigenvalue weighted by atomic mass is 9.99. The predicted octanol–water partition coefficient (Wildman–Crippen LogP) is 5.07. The van der Waals surface area contributed by atoms with Crippen LogP contribution in [0.1, 0.15) is 37.5 Å². The number of para-hydroxylation sites is 1. The highest BCUT2D eigenvalue weighted by Crippen LogP contribution is 2.33. The minimum atomic E-state index is -1.22. The summed E-state index contributed by atoms with van der Waals surface area (Å²) in [5.41, 5.74) is 3.77. The van der Waals surface area contributed by atoms with Crippen LogP contribution in [0.15, 0.2) is 115 Å². The third kappa shape index (κ3) is 5.36. The number of aliphatic hydroxyl groups excluding tert-OH is 1. The maximum absolute atomic E-state index is 13.9. The molecule has 8 heteroatoms. The molecule has 0 bridgehead atoms. The summed E-state index contributed by atoms with van der Waals surface area (Å²) < 4.78 is 7.78. The normalized spacial score (nSPS) is 13.6. The SMILES string of the molecule is O=C(OCc1ccccc1)[C@H](Cc1c(C/C=C/CO)n(-c2ccccn2)c2ccccc12)N1C(=O)c2ccccc2C1=O. The highest BCUT2D eigenvalue weighted by Gasteiger charge is 2.44. The molecule has 0 spiro atoms. The van der Waals surface area contributed by atoms with E-state index < -0.39 is 23.8 Å². The molecule has 0 aliphatic carbocycles. The molecule has 43 heavy (non-hydrogen) atoms. The van der Waals surface area contributed by atoms with Crippen LogP contribution in [0.2, 0.25) is 0 Å². The Morgan fingerprint density at radius 2 is 1.51 bits per heavy atom. The van der Waals surface area contributed by atoms with Crippen molar-refractivity contribution in [2.45, 2.75) is 25.5 Å². The number of imide groups is 1. The molecule has 1 atom stereocenters. The molecule has 0 fully saturated rings. The quantitative estimate of drug-likeness (QED) is 0.143. The Morgan fingerprint density at radius 3 is 2.21 bits per heavy atom. The van der Waals surface area contributed by atoms with E-state index in [0.29, 0.717) is 12.2 Å². The van der Waals surface area contributed by atoms with Crippen LogP contribution < -0.4 is 0 Å². The molecule has 3 heterocycles. The number of benzene rings is 3. The van der Waals surface area contributed by atoms with Gasteiger partial charge in [-0.15, -0.1) is 0 Å². The van der Waals surface area contributed by atoms with E-state index in [1.807, 2.05) is 83.4 Å². The fraction of sp³-hybridized carbons (Fsp3) is 0.143. The summed E-state index contributed by atoms with van der Waals surface area (Å²) in [6.07, 6.45) is 5.65. The van der Waals surface area contributed by atoms with E-state index in [4.69, 9.17) is 4.74 Å². The first kappa shape index (κ1) is 27.8. The number of pyridine rings is 1. The fourth-order valence-corrected chi connectivity index (χ4v) is 5.61. The largest absolute Gasteiger partial charge is 0.459 e. The number of rotatable bonds is 10. The number of fused-ring (bicyclic) bond motifs is 2. The first-order valence-corrected chi connectivity index (χ1v) is 14.0.